The van der Waals surface area contributed by atoms with Crippen LogP contribution < -0.4 is 4.74 Å². The Hall–Kier alpha value is -1.81. The van der Waals surface area contributed by atoms with Gasteiger partial charge >= 0.3 is 0 Å². The molecule has 0 saturated carbocycles. The molecule has 0 amide bonds. The number of fused-ring (bicyclic) bond motifs is 1. The highest BCUT2D eigenvalue weighted by molar-refractivity contribution is 9.10. The predicted molar refractivity (Wildman–Crippen MR) is 79.5 cm³/mol. The standard InChI is InChI=1S/C15H13BrN2O/c1-19-12-6-7-13(16)11(8-12)9-18-10-17-14-4-2-3-5-15(14)18/h2-8,10H,9H2,1H3. The number of imidazole rings is 1. The van der Waals surface area contributed by atoms with Gasteiger partial charge in [-0.05, 0) is 35.9 Å². The van der Waals surface area contributed by atoms with Crippen LogP contribution in [0.25, 0.3) is 11.0 Å². The summed E-state index contributed by atoms with van der Waals surface area (Å²) in [5, 5.41) is 0. The number of rotatable bonds is 3. The van der Waals surface area contributed by atoms with E-state index in [0.717, 1.165) is 27.8 Å². The average Bonchev–Trinajstić information content (AvgIpc) is 2.85. The molecule has 0 aliphatic rings. The van der Waals surface area contributed by atoms with E-state index < -0.39 is 0 Å². The summed E-state index contributed by atoms with van der Waals surface area (Å²) in [5.74, 6) is 0.864. The molecule has 96 valence electrons. The second-order valence-electron chi connectivity index (χ2n) is 4.32. The predicted octanol–water partition coefficient (Wildman–Crippen LogP) is 3.86. The third-order valence-electron chi connectivity index (χ3n) is 3.12. The zero-order valence-corrected chi connectivity index (χ0v) is 12.1. The minimum absolute atomic E-state index is 0.762. The number of aromatic nitrogens is 2. The first kappa shape index (κ1) is 12.2. The Morgan fingerprint density at radius 2 is 2.05 bits per heavy atom. The summed E-state index contributed by atoms with van der Waals surface area (Å²) >= 11 is 3.58. The molecule has 0 unspecified atom stereocenters. The molecule has 3 aromatic rings. The van der Waals surface area contributed by atoms with Gasteiger partial charge in [0.25, 0.3) is 0 Å². The first-order valence-electron chi connectivity index (χ1n) is 6.00. The molecule has 19 heavy (non-hydrogen) atoms. The van der Waals surface area contributed by atoms with E-state index >= 15 is 0 Å². The average molecular weight is 317 g/mol. The van der Waals surface area contributed by atoms with Crippen molar-refractivity contribution in [1.82, 2.24) is 9.55 Å². The fourth-order valence-electron chi connectivity index (χ4n) is 2.12. The quantitative estimate of drug-likeness (QED) is 0.733. The van der Waals surface area contributed by atoms with Crippen molar-refractivity contribution in [3.05, 3.63) is 58.8 Å². The van der Waals surface area contributed by atoms with Crippen LogP contribution in [0, 0.1) is 0 Å². The molecule has 0 atom stereocenters. The van der Waals surface area contributed by atoms with E-state index in [1.54, 1.807) is 7.11 Å². The molecule has 1 heterocycles. The van der Waals surface area contributed by atoms with Gasteiger partial charge in [-0.15, -0.1) is 0 Å². The van der Waals surface area contributed by atoms with E-state index in [1.165, 1.54) is 5.56 Å². The molecule has 0 aliphatic heterocycles. The Morgan fingerprint density at radius 1 is 1.21 bits per heavy atom. The maximum absolute atomic E-state index is 5.27. The van der Waals surface area contributed by atoms with Gasteiger partial charge in [0.2, 0.25) is 0 Å². The van der Waals surface area contributed by atoms with Crippen molar-refractivity contribution in [3.63, 3.8) is 0 Å². The van der Waals surface area contributed by atoms with E-state index in [0.29, 0.717) is 0 Å². The minimum atomic E-state index is 0.762. The fourth-order valence-corrected chi connectivity index (χ4v) is 2.49. The Bertz CT molecular complexity index is 721. The molecule has 3 nitrogen and oxygen atoms in total. The number of methoxy groups -OCH3 is 1. The summed E-state index contributed by atoms with van der Waals surface area (Å²) in [6, 6.07) is 14.1. The first-order chi connectivity index (χ1) is 9.28. The highest BCUT2D eigenvalue weighted by Crippen LogP contribution is 2.24. The van der Waals surface area contributed by atoms with Crippen LogP contribution in [0.3, 0.4) is 0 Å². The fraction of sp³-hybridized carbons (Fsp3) is 0.133. The number of hydrogen-bond donors (Lipinski definition) is 0. The van der Waals surface area contributed by atoms with Gasteiger partial charge in [-0.2, -0.15) is 0 Å². The van der Waals surface area contributed by atoms with Crippen molar-refractivity contribution in [2.45, 2.75) is 6.54 Å². The summed E-state index contributed by atoms with van der Waals surface area (Å²) in [4.78, 5) is 4.40. The van der Waals surface area contributed by atoms with Crippen LogP contribution in [0.15, 0.2) is 53.3 Å². The highest BCUT2D eigenvalue weighted by atomic mass is 79.9. The van der Waals surface area contributed by atoms with Crippen molar-refractivity contribution in [2.75, 3.05) is 7.11 Å². The van der Waals surface area contributed by atoms with Gasteiger partial charge in [0.15, 0.2) is 0 Å². The van der Waals surface area contributed by atoms with Crippen LogP contribution in [0.5, 0.6) is 5.75 Å². The van der Waals surface area contributed by atoms with Gasteiger partial charge in [0.1, 0.15) is 5.75 Å². The zero-order chi connectivity index (χ0) is 13.2. The van der Waals surface area contributed by atoms with Gasteiger partial charge in [0.05, 0.1) is 31.0 Å². The lowest BCUT2D eigenvalue weighted by Crippen LogP contribution is -1.99. The lowest BCUT2D eigenvalue weighted by atomic mass is 10.2. The molecule has 2 aromatic carbocycles. The number of para-hydroxylation sites is 2. The van der Waals surface area contributed by atoms with Crippen LogP contribution in [0.1, 0.15) is 5.56 Å². The Balaban J connectivity index is 2.01. The van der Waals surface area contributed by atoms with E-state index in [-0.39, 0.29) is 0 Å². The Labute approximate surface area is 120 Å². The minimum Gasteiger partial charge on any atom is -0.497 e. The second-order valence-corrected chi connectivity index (χ2v) is 5.17. The number of ether oxygens (including phenoxy) is 1. The largest absolute Gasteiger partial charge is 0.497 e. The number of benzene rings is 2. The van der Waals surface area contributed by atoms with Crippen molar-refractivity contribution in [2.24, 2.45) is 0 Å². The van der Waals surface area contributed by atoms with Crippen molar-refractivity contribution >= 4 is 27.0 Å². The SMILES string of the molecule is COc1ccc(Br)c(Cn2cnc3ccccc32)c1. The summed E-state index contributed by atoms with van der Waals surface area (Å²) in [5.41, 5.74) is 3.32. The van der Waals surface area contributed by atoms with E-state index in [2.05, 4.69) is 31.5 Å². The molecule has 0 radical (unpaired) electrons. The molecule has 1 aromatic heterocycles. The first-order valence-corrected chi connectivity index (χ1v) is 6.79. The van der Waals surface area contributed by atoms with Crippen molar-refractivity contribution in [1.29, 1.82) is 0 Å². The summed E-state index contributed by atoms with van der Waals surface area (Å²) in [6.45, 7) is 0.762. The van der Waals surface area contributed by atoms with Gasteiger partial charge in [-0.25, -0.2) is 4.98 Å². The van der Waals surface area contributed by atoms with E-state index in [9.17, 15) is 0 Å². The van der Waals surface area contributed by atoms with E-state index in [4.69, 9.17) is 4.74 Å². The normalized spacial score (nSPS) is 10.8. The zero-order valence-electron chi connectivity index (χ0n) is 10.5. The molecule has 4 heteroatoms. The molecule has 0 fully saturated rings. The highest BCUT2D eigenvalue weighted by Gasteiger charge is 2.06. The Morgan fingerprint density at radius 3 is 2.89 bits per heavy atom. The van der Waals surface area contributed by atoms with Crippen LogP contribution >= 0.6 is 15.9 Å². The lowest BCUT2D eigenvalue weighted by molar-refractivity contribution is 0.414. The molecule has 0 spiro atoms. The number of hydrogen-bond acceptors (Lipinski definition) is 2. The van der Waals surface area contributed by atoms with Crippen molar-refractivity contribution in [3.8, 4) is 5.75 Å². The molecular weight excluding hydrogens is 304 g/mol. The van der Waals surface area contributed by atoms with Crippen LogP contribution in [-0.2, 0) is 6.54 Å². The smallest absolute Gasteiger partial charge is 0.119 e. The molecular formula is C15H13BrN2O. The number of halogens is 1. The van der Waals surface area contributed by atoms with Gasteiger partial charge < -0.3 is 9.30 Å². The molecule has 0 aliphatic carbocycles. The van der Waals surface area contributed by atoms with Gasteiger partial charge in [-0.1, -0.05) is 28.1 Å². The topological polar surface area (TPSA) is 27.1 Å². The molecule has 0 bridgehead atoms. The summed E-state index contributed by atoms with van der Waals surface area (Å²) in [6.07, 6.45) is 1.87. The van der Waals surface area contributed by atoms with Crippen LogP contribution in [-0.4, -0.2) is 16.7 Å². The Kier molecular flexibility index (Phi) is 3.25. The maximum Gasteiger partial charge on any atom is 0.119 e. The molecule has 3 rings (SSSR count). The van der Waals surface area contributed by atoms with Gasteiger partial charge in [-0.3, -0.25) is 0 Å². The molecule has 0 saturated heterocycles. The van der Waals surface area contributed by atoms with Crippen molar-refractivity contribution < 1.29 is 4.74 Å². The third kappa shape index (κ3) is 2.36. The monoisotopic (exact) mass is 316 g/mol. The maximum atomic E-state index is 5.27. The van der Waals surface area contributed by atoms with E-state index in [1.807, 2.05) is 42.7 Å². The summed E-state index contributed by atoms with van der Waals surface area (Å²) < 4.78 is 8.48. The summed E-state index contributed by atoms with van der Waals surface area (Å²) in [7, 11) is 1.68. The van der Waals surface area contributed by atoms with Gasteiger partial charge in [0, 0.05) is 4.47 Å². The third-order valence-corrected chi connectivity index (χ3v) is 3.89. The van der Waals surface area contributed by atoms with Crippen LogP contribution in [0.4, 0.5) is 0 Å². The second kappa shape index (κ2) is 5.05. The molecule has 0 N–H and O–H groups in total. The van der Waals surface area contributed by atoms with Crippen LogP contribution in [0.2, 0.25) is 0 Å². The lowest BCUT2D eigenvalue weighted by Gasteiger charge is -2.09. The number of nitrogens with zero attached hydrogens (tertiary/aromatic N) is 2.